The summed E-state index contributed by atoms with van der Waals surface area (Å²) in [6, 6.07) is 10.3. The van der Waals surface area contributed by atoms with Crippen LogP contribution in [-0.4, -0.2) is 59.9 Å². The van der Waals surface area contributed by atoms with E-state index in [9.17, 15) is 19.1 Å². The summed E-state index contributed by atoms with van der Waals surface area (Å²) < 4.78 is 20.5. The minimum absolute atomic E-state index is 0.0306. The molecule has 168 valence electrons. The van der Waals surface area contributed by atoms with Gasteiger partial charge in [0.25, 0.3) is 11.7 Å². The maximum atomic E-state index is 14.8. The van der Waals surface area contributed by atoms with E-state index in [-0.39, 0.29) is 29.5 Å². The van der Waals surface area contributed by atoms with Crippen LogP contribution in [0.5, 0.6) is 5.75 Å². The molecule has 2 aliphatic heterocycles. The zero-order valence-corrected chi connectivity index (χ0v) is 18.5. The number of benzene rings is 2. The molecule has 0 aromatic heterocycles. The molecule has 1 fully saturated rings. The number of likely N-dealkylation sites (tertiary alicyclic amines) is 1. The number of hydrogen-bond acceptors (Lipinski definition) is 5. The number of amides is 1. The summed E-state index contributed by atoms with van der Waals surface area (Å²) in [5.41, 5.74) is 1.44. The Hall–Kier alpha value is -3.19. The molecule has 0 unspecified atom stereocenters. The van der Waals surface area contributed by atoms with Crippen molar-refractivity contribution in [2.45, 2.75) is 31.9 Å². The van der Waals surface area contributed by atoms with E-state index >= 15 is 0 Å². The number of aliphatic hydroxyl groups is 1. The first kappa shape index (κ1) is 22.0. The van der Waals surface area contributed by atoms with Crippen molar-refractivity contribution >= 4 is 17.4 Å². The normalized spacial score (nSPS) is 21.8. The minimum atomic E-state index is -0.984. The fourth-order valence-corrected chi connectivity index (χ4v) is 4.41. The van der Waals surface area contributed by atoms with E-state index in [0.717, 1.165) is 11.3 Å². The van der Waals surface area contributed by atoms with Gasteiger partial charge in [-0.3, -0.25) is 9.59 Å². The topological polar surface area (TPSA) is 70.1 Å². The fraction of sp³-hybridized carbons (Fsp3) is 0.360. The van der Waals surface area contributed by atoms with Gasteiger partial charge in [-0.15, -0.1) is 0 Å². The Bertz CT molecular complexity index is 1100. The molecule has 0 aliphatic carbocycles. The molecular weight excluding hydrogens is 411 g/mol. The maximum Gasteiger partial charge on any atom is 0.295 e. The molecule has 6 nitrogen and oxygen atoms in total. The number of aliphatic hydroxyl groups excluding tert-OH is 1. The Kier molecular flexibility index (Phi) is 6.02. The van der Waals surface area contributed by atoms with Gasteiger partial charge in [-0.05, 0) is 63.8 Å². The Labute approximate surface area is 186 Å². The summed E-state index contributed by atoms with van der Waals surface area (Å²) in [5, 5.41) is 11.2. The summed E-state index contributed by atoms with van der Waals surface area (Å²) in [7, 11) is 3.84. The van der Waals surface area contributed by atoms with Gasteiger partial charge in [0.15, 0.2) is 0 Å². The molecule has 0 saturated carbocycles. The van der Waals surface area contributed by atoms with Crippen molar-refractivity contribution in [1.29, 1.82) is 0 Å². The summed E-state index contributed by atoms with van der Waals surface area (Å²) in [6.07, 6.45) is 1.33. The second kappa shape index (κ2) is 8.74. The lowest BCUT2D eigenvalue weighted by atomic mass is 9.94. The van der Waals surface area contributed by atoms with E-state index in [1.807, 2.05) is 25.9 Å². The highest BCUT2D eigenvalue weighted by Crippen LogP contribution is 2.41. The average molecular weight is 438 g/mol. The maximum absolute atomic E-state index is 14.8. The lowest BCUT2D eigenvalue weighted by Gasteiger charge is -2.26. The second-order valence-electron chi connectivity index (χ2n) is 8.63. The van der Waals surface area contributed by atoms with Gasteiger partial charge in [-0.25, -0.2) is 4.39 Å². The molecule has 2 heterocycles. The lowest BCUT2D eigenvalue weighted by molar-refractivity contribution is -0.140. The van der Waals surface area contributed by atoms with Gasteiger partial charge >= 0.3 is 0 Å². The van der Waals surface area contributed by atoms with Crippen molar-refractivity contribution < 1.29 is 23.8 Å². The van der Waals surface area contributed by atoms with Gasteiger partial charge in [-0.2, -0.15) is 0 Å². The van der Waals surface area contributed by atoms with Crippen LogP contribution in [0.25, 0.3) is 5.76 Å². The fourth-order valence-electron chi connectivity index (χ4n) is 4.41. The zero-order chi connectivity index (χ0) is 23.0. The smallest absolute Gasteiger partial charge is 0.295 e. The third-order valence-electron chi connectivity index (χ3n) is 5.91. The van der Waals surface area contributed by atoms with Crippen LogP contribution in [0.3, 0.4) is 0 Å². The summed E-state index contributed by atoms with van der Waals surface area (Å²) >= 11 is 0. The van der Waals surface area contributed by atoms with Crippen molar-refractivity contribution in [2.24, 2.45) is 0 Å². The number of carbonyl (C=O) groups is 2. The molecule has 2 aliphatic rings. The van der Waals surface area contributed by atoms with Crippen LogP contribution in [0.1, 0.15) is 36.1 Å². The Morgan fingerprint density at radius 2 is 1.97 bits per heavy atom. The first-order chi connectivity index (χ1) is 15.3. The lowest BCUT2D eigenvalue weighted by Crippen LogP contribution is -2.32. The number of ether oxygens (including phenoxy) is 1. The van der Waals surface area contributed by atoms with Crippen molar-refractivity contribution in [3.05, 3.63) is 70.5 Å². The zero-order valence-electron chi connectivity index (χ0n) is 18.5. The molecule has 1 saturated heterocycles. The van der Waals surface area contributed by atoms with E-state index < -0.39 is 23.5 Å². The predicted octanol–water partition coefficient (Wildman–Crippen LogP) is 3.52. The molecule has 7 heteroatoms. The number of carbonyl (C=O) groups excluding carboxylic acids is 2. The molecule has 1 amide bonds. The molecule has 2 atom stereocenters. The van der Waals surface area contributed by atoms with Crippen molar-refractivity contribution in [1.82, 2.24) is 9.80 Å². The van der Waals surface area contributed by atoms with Crippen molar-refractivity contribution in [3.8, 4) is 5.75 Å². The Morgan fingerprint density at radius 1 is 1.22 bits per heavy atom. The number of rotatable bonds is 6. The van der Waals surface area contributed by atoms with Gasteiger partial charge in [0.1, 0.15) is 23.4 Å². The number of fused-ring (bicyclic) bond motifs is 1. The van der Waals surface area contributed by atoms with Crippen LogP contribution < -0.4 is 4.74 Å². The van der Waals surface area contributed by atoms with Crippen LogP contribution in [0, 0.1) is 5.82 Å². The minimum Gasteiger partial charge on any atom is -0.507 e. The third-order valence-corrected chi connectivity index (χ3v) is 5.91. The molecular formula is C25H27FN2O4. The van der Waals surface area contributed by atoms with E-state index in [1.165, 1.54) is 11.0 Å². The molecule has 2 aromatic rings. The molecule has 0 spiro atoms. The predicted molar refractivity (Wildman–Crippen MR) is 119 cm³/mol. The third kappa shape index (κ3) is 4.00. The van der Waals surface area contributed by atoms with Crippen LogP contribution in [-0.2, 0) is 16.0 Å². The van der Waals surface area contributed by atoms with E-state index in [2.05, 4.69) is 0 Å². The highest BCUT2D eigenvalue weighted by atomic mass is 19.1. The molecule has 0 radical (unpaired) electrons. The number of halogens is 1. The summed E-state index contributed by atoms with van der Waals surface area (Å²) in [4.78, 5) is 29.3. The second-order valence-corrected chi connectivity index (χ2v) is 8.63. The molecule has 32 heavy (non-hydrogen) atoms. The van der Waals surface area contributed by atoms with Crippen LogP contribution >= 0.6 is 0 Å². The number of ketones is 1. The van der Waals surface area contributed by atoms with Crippen LogP contribution in [0.4, 0.5) is 4.39 Å². The van der Waals surface area contributed by atoms with Gasteiger partial charge in [0.05, 0.1) is 11.6 Å². The van der Waals surface area contributed by atoms with E-state index in [0.29, 0.717) is 24.9 Å². The summed E-state index contributed by atoms with van der Waals surface area (Å²) in [5.74, 6) is -1.61. The number of nitrogens with zero attached hydrogens (tertiary/aromatic N) is 2. The summed E-state index contributed by atoms with van der Waals surface area (Å²) in [6.45, 7) is 2.93. The van der Waals surface area contributed by atoms with Crippen molar-refractivity contribution in [3.63, 3.8) is 0 Å². The first-order valence-corrected chi connectivity index (χ1v) is 10.8. The SMILES string of the molecule is C[C@@H]1Cc2cc(/C(O)=C3\C(=O)C(=O)N(CCCN(C)C)[C@@H]3c3ccccc3F)ccc2O1. The monoisotopic (exact) mass is 438 g/mol. The van der Waals surface area contributed by atoms with Crippen LogP contribution in [0.15, 0.2) is 48.0 Å². The average Bonchev–Trinajstić information content (AvgIpc) is 3.24. The van der Waals surface area contributed by atoms with Gasteiger partial charge in [-0.1, -0.05) is 18.2 Å². The number of Topliss-reactive ketones (excluding diaryl/α,β-unsaturated/α-hetero) is 1. The van der Waals surface area contributed by atoms with Crippen molar-refractivity contribution in [2.75, 3.05) is 27.2 Å². The first-order valence-electron chi connectivity index (χ1n) is 10.8. The quantitative estimate of drug-likeness (QED) is 0.425. The van der Waals surface area contributed by atoms with E-state index in [1.54, 1.807) is 36.4 Å². The molecule has 4 rings (SSSR count). The largest absolute Gasteiger partial charge is 0.507 e. The van der Waals surface area contributed by atoms with Crippen LogP contribution in [0.2, 0.25) is 0 Å². The van der Waals surface area contributed by atoms with Gasteiger partial charge in [0, 0.05) is 24.1 Å². The molecule has 1 N–H and O–H groups in total. The molecule has 2 aromatic carbocycles. The molecule has 0 bridgehead atoms. The highest BCUT2D eigenvalue weighted by molar-refractivity contribution is 6.46. The van der Waals surface area contributed by atoms with E-state index in [4.69, 9.17) is 4.74 Å². The van der Waals surface area contributed by atoms with Gasteiger partial charge in [0.2, 0.25) is 0 Å². The highest BCUT2D eigenvalue weighted by Gasteiger charge is 2.46. The van der Waals surface area contributed by atoms with Gasteiger partial charge < -0.3 is 19.6 Å². The number of hydrogen-bond donors (Lipinski definition) is 1. The standard InChI is InChI=1S/C25H27FN2O4/c1-15-13-17-14-16(9-10-20(17)32-15)23(29)21-22(18-7-4-5-8-19(18)26)28(25(31)24(21)30)12-6-11-27(2)3/h4-5,7-10,14-15,22,29H,6,11-13H2,1-3H3/b23-21+/t15-,22-/m1/s1. The Morgan fingerprint density at radius 3 is 2.69 bits per heavy atom. The Balaban J connectivity index is 1.80.